The van der Waals surface area contributed by atoms with Crippen LogP contribution in [0.1, 0.15) is 25.3 Å². The van der Waals surface area contributed by atoms with Crippen molar-refractivity contribution in [3.05, 3.63) is 34.3 Å². The van der Waals surface area contributed by atoms with Gasteiger partial charge in [0.15, 0.2) is 0 Å². The predicted octanol–water partition coefficient (Wildman–Crippen LogP) is 2.95. The molecule has 2 aliphatic heterocycles. The van der Waals surface area contributed by atoms with Gasteiger partial charge >= 0.3 is 5.97 Å². The van der Waals surface area contributed by atoms with E-state index < -0.39 is 6.04 Å². The van der Waals surface area contributed by atoms with E-state index in [0.29, 0.717) is 12.2 Å². The van der Waals surface area contributed by atoms with Crippen LogP contribution in [0, 0.1) is 0 Å². The van der Waals surface area contributed by atoms with Gasteiger partial charge in [-0.2, -0.15) is 0 Å². The van der Waals surface area contributed by atoms with Crippen molar-refractivity contribution in [2.45, 2.75) is 37.3 Å². The van der Waals surface area contributed by atoms with Gasteiger partial charge in [-0.15, -0.1) is 11.8 Å². The van der Waals surface area contributed by atoms with Crippen LogP contribution in [0.15, 0.2) is 28.7 Å². The maximum Gasteiger partial charge on any atom is 0.330 e. The summed E-state index contributed by atoms with van der Waals surface area (Å²) >= 11 is 5.05. The molecule has 1 aromatic carbocycles. The third-order valence-electron chi connectivity index (χ3n) is 4.01. The van der Waals surface area contributed by atoms with Gasteiger partial charge in [0.1, 0.15) is 12.6 Å². The first-order valence-electron chi connectivity index (χ1n) is 6.87. The molecule has 0 spiro atoms. The highest BCUT2D eigenvalue weighted by Crippen LogP contribution is 2.47. The van der Waals surface area contributed by atoms with Gasteiger partial charge in [-0.1, -0.05) is 28.1 Å². The monoisotopic (exact) mass is 369 g/mol. The normalized spacial score (nSPS) is 27.8. The van der Waals surface area contributed by atoms with Gasteiger partial charge in [0.25, 0.3) is 0 Å². The van der Waals surface area contributed by atoms with E-state index in [1.165, 1.54) is 0 Å². The molecular weight excluding hydrogens is 354 g/mol. The van der Waals surface area contributed by atoms with Gasteiger partial charge in [0.2, 0.25) is 5.91 Å². The van der Waals surface area contributed by atoms with E-state index in [0.717, 1.165) is 16.5 Å². The summed E-state index contributed by atoms with van der Waals surface area (Å²) in [7, 11) is 0. The van der Waals surface area contributed by atoms with Crippen LogP contribution in [0.4, 0.5) is 0 Å². The van der Waals surface area contributed by atoms with Crippen LogP contribution in [-0.2, 0) is 20.9 Å². The molecule has 0 aromatic heterocycles. The van der Waals surface area contributed by atoms with Crippen molar-refractivity contribution in [1.29, 1.82) is 0 Å². The number of carbonyl (C=O) groups excluding carboxylic acids is 2. The number of amides is 1. The summed E-state index contributed by atoms with van der Waals surface area (Å²) in [4.78, 5) is 25.8. The summed E-state index contributed by atoms with van der Waals surface area (Å²) in [5.41, 5.74) is 0.938. The SMILES string of the molecule is C[C@@]12CCC(=O)N1[C@H](C(=O)OCc1ccc(Br)cc1)CS2. The van der Waals surface area contributed by atoms with Gasteiger partial charge in [-0.3, -0.25) is 4.79 Å². The maximum atomic E-state index is 12.3. The molecule has 0 bridgehead atoms. The average Bonchev–Trinajstić information content (AvgIpc) is 2.95. The fourth-order valence-corrected chi connectivity index (χ4v) is 4.51. The van der Waals surface area contributed by atoms with Crippen LogP contribution in [0.2, 0.25) is 0 Å². The zero-order chi connectivity index (χ0) is 15.0. The Bertz CT molecular complexity index is 577. The fraction of sp³-hybridized carbons (Fsp3) is 0.467. The first kappa shape index (κ1) is 14.9. The molecule has 0 unspecified atom stereocenters. The van der Waals surface area contributed by atoms with Crippen molar-refractivity contribution < 1.29 is 14.3 Å². The molecule has 0 saturated carbocycles. The number of fused-ring (bicyclic) bond motifs is 1. The van der Waals surface area contributed by atoms with Crippen LogP contribution < -0.4 is 0 Å². The quantitative estimate of drug-likeness (QED) is 0.768. The van der Waals surface area contributed by atoms with E-state index in [1.807, 2.05) is 31.2 Å². The van der Waals surface area contributed by atoms with E-state index in [2.05, 4.69) is 15.9 Å². The lowest BCUT2D eigenvalue weighted by molar-refractivity contribution is -0.154. The van der Waals surface area contributed by atoms with E-state index >= 15 is 0 Å². The lowest BCUT2D eigenvalue weighted by atomic mass is 10.2. The lowest BCUT2D eigenvalue weighted by Gasteiger charge is -2.29. The number of rotatable bonds is 3. The summed E-state index contributed by atoms with van der Waals surface area (Å²) in [5, 5.41) is 0. The Kier molecular flexibility index (Phi) is 4.01. The number of halogens is 1. The molecule has 3 rings (SSSR count). The Labute approximate surface area is 136 Å². The van der Waals surface area contributed by atoms with Gasteiger partial charge < -0.3 is 9.64 Å². The van der Waals surface area contributed by atoms with Crippen molar-refractivity contribution in [3.8, 4) is 0 Å². The second-order valence-corrected chi connectivity index (χ2v) is 7.92. The third-order valence-corrected chi connectivity index (χ3v) is 6.05. The largest absolute Gasteiger partial charge is 0.459 e. The Hall–Kier alpha value is -1.01. The van der Waals surface area contributed by atoms with Crippen molar-refractivity contribution in [1.82, 2.24) is 4.90 Å². The smallest absolute Gasteiger partial charge is 0.330 e. The molecule has 21 heavy (non-hydrogen) atoms. The Balaban J connectivity index is 1.63. The number of hydrogen-bond acceptors (Lipinski definition) is 4. The molecule has 0 N–H and O–H groups in total. The summed E-state index contributed by atoms with van der Waals surface area (Å²) < 4.78 is 6.38. The van der Waals surface area contributed by atoms with Crippen LogP contribution >= 0.6 is 27.7 Å². The molecule has 1 aromatic rings. The van der Waals surface area contributed by atoms with E-state index in [-0.39, 0.29) is 23.4 Å². The van der Waals surface area contributed by atoms with E-state index in [1.54, 1.807) is 16.7 Å². The van der Waals surface area contributed by atoms with Crippen LogP contribution in [0.3, 0.4) is 0 Å². The topological polar surface area (TPSA) is 46.6 Å². The van der Waals surface area contributed by atoms with Crippen LogP contribution in [0.5, 0.6) is 0 Å². The fourth-order valence-electron chi connectivity index (χ4n) is 2.83. The number of esters is 1. The highest BCUT2D eigenvalue weighted by atomic mass is 79.9. The second kappa shape index (κ2) is 5.65. The highest BCUT2D eigenvalue weighted by molar-refractivity contribution is 9.10. The number of ether oxygens (including phenoxy) is 1. The molecule has 2 saturated heterocycles. The first-order valence-corrected chi connectivity index (χ1v) is 8.65. The molecule has 2 aliphatic rings. The number of benzene rings is 1. The standard InChI is InChI=1S/C15H16BrNO3S/c1-15-7-6-13(18)17(15)12(9-21-15)14(19)20-8-10-2-4-11(16)5-3-10/h2-5,12H,6-9H2,1H3/t12-,15+/m0/s1. The lowest BCUT2D eigenvalue weighted by Crippen LogP contribution is -2.46. The predicted molar refractivity (Wildman–Crippen MR) is 84.7 cm³/mol. The van der Waals surface area contributed by atoms with Crippen molar-refractivity contribution >= 4 is 39.6 Å². The molecule has 112 valence electrons. The number of carbonyl (C=O) groups is 2. The van der Waals surface area contributed by atoms with Gasteiger partial charge in [0, 0.05) is 16.6 Å². The Morgan fingerprint density at radius 3 is 2.90 bits per heavy atom. The zero-order valence-corrected chi connectivity index (χ0v) is 14.1. The number of thioether (sulfide) groups is 1. The third kappa shape index (κ3) is 2.83. The van der Waals surface area contributed by atoms with Crippen LogP contribution in [0.25, 0.3) is 0 Å². The highest BCUT2D eigenvalue weighted by Gasteiger charge is 2.53. The minimum atomic E-state index is -0.439. The van der Waals surface area contributed by atoms with Gasteiger partial charge in [-0.25, -0.2) is 4.79 Å². The number of nitrogens with zero attached hydrogens (tertiary/aromatic N) is 1. The van der Waals surface area contributed by atoms with Gasteiger partial charge in [0.05, 0.1) is 4.87 Å². The molecular formula is C15H16BrNO3S. The van der Waals surface area contributed by atoms with E-state index in [9.17, 15) is 9.59 Å². The molecule has 0 aliphatic carbocycles. The first-order chi connectivity index (χ1) is 9.99. The minimum absolute atomic E-state index is 0.0630. The van der Waals surface area contributed by atoms with E-state index in [4.69, 9.17) is 4.74 Å². The Morgan fingerprint density at radius 2 is 2.19 bits per heavy atom. The average molecular weight is 370 g/mol. The Morgan fingerprint density at radius 1 is 1.48 bits per heavy atom. The van der Waals surface area contributed by atoms with Crippen LogP contribution in [-0.4, -0.2) is 33.4 Å². The summed E-state index contributed by atoms with van der Waals surface area (Å²) in [5.74, 6) is 0.388. The molecule has 1 amide bonds. The summed E-state index contributed by atoms with van der Waals surface area (Å²) in [6.07, 6.45) is 1.34. The maximum absolute atomic E-state index is 12.3. The summed E-state index contributed by atoms with van der Waals surface area (Å²) in [6, 6.07) is 7.20. The minimum Gasteiger partial charge on any atom is -0.459 e. The molecule has 0 radical (unpaired) electrons. The molecule has 2 atom stereocenters. The second-order valence-electron chi connectivity index (χ2n) is 5.50. The molecule has 4 nitrogen and oxygen atoms in total. The molecule has 6 heteroatoms. The molecule has 2 heterocycles. The zero-order valence-electron chi connectivity index (χ0n) is 11.7. The van der Waals surface area contributed by atoms with Crippen molar-refractivity contribution in [2.75, 3.05) is 5.75 Å². The van der Waals surface area contributed by atoms with Gasteiger partial charge in [-0.05, 0) is 31.0 Å². The number of hydrogen-bond donors (Lipinski definition) is 0. The van der Waals surface area contributed by atoms with Crippen molar-refractivity contribution in [2.24, 2.45) is 0 Å². The molecule has 2 fully saturated rings. The van der Waals surface area contributed by atoms with Crippen molar-refractivity contribution in [3.63, 3.8) is 0 Å². The summed E-state index contributed by atoms with van der Waals surface area (Å²) in [6.45, 7) is 2.27.